The summed E-state index contributed by atoms with van der Waals surface area (Å²) in [6, 6.07) is 7.17. The molecule has 1 saturated heterocycles. The number of amides is 2. The number of benzene rings is 1. The van der Waals surface area contributed by atoms with E-state index in [0.29, 0.717) is 19.5 Å². The van der Waals surface area contributed by atoms with Gasteiger partial charge in [-0.15, -0.1) is 11.3 Å². The quantitative estimate of drug-likeness (QED) is 0.639. The molecule has 0 aliphatic carbocycles. The van der Waals surface area contributed by atoms with Gasteiger partial charge >= 0.3 is 0 Å². The summed E-state index contributed by atoms with van der Waals surface area (Å²) in [6.07, 6.45) is 3.59. The number of hydrogen-bond donors (Lipinski definition) is 1. The molecule has 2 amide bonds. The first-order valence-corrected chi connectivity index (χ1v) is 11.2. The van der Waals surface area contributed by atoms with Crippen molar-refractivity contribution in [3.8, 4) is 10.4 Å². The second-order valence-electron chi connectivity index (χ2n) is 8.08. The van der Waals surface area contributed by atoms with Crippen LogP contribution in [0.15, 0.2) is 42.4 Å². The van der Waals surface area contributed by atoms with Crippen molar-refractivity contribution in [3.63, 3.8) is 0 Å². The van der Waals surface area contributed by atoms with E-state index in [1.807, 2.05) is 24.6 Å². The molecule has 3 aromatic rings. The highest BCUT2D eigenvalue weighted by molar-refractivity contribution is 7.13. The van der Waals surface area contributed by atoms with Crippen LogP contribution in [0, 0.1) is 12.8 Å². The van der Waals surface area contributed by atoms with Gasteiger partial charge in [0.1, 0.15) is 24.7 Å². The van der Waals surface area contributed by atoms with E-state index in [4.69, 9.17) is 0 Å². The molecule has 0 saturated carbocycles. The van der Waals surface area contributed by atoms with E-state index in [9.17, 15) is 9.59 Å². The maximum atomic E-state index is 13.0. The van der Waals surface area contributed by atoms with Gasteiger partial charge in [0.15, 0.2) is 0 Å². The van der Waals surface area contributed by atoms with E-state index < -0.39 is 12.1 Å². The lowest BCUT2D eigenvalue weighted by molar-refractivity contribution is -0.141. The summed E-state index contributed by atoms with van der Waals surface area (Å²) in [5.41, 5.74) is 5.00. The van der Waals surface area contributed by atoms with Crippen molar-refractivity contribution in [2.24, 2.45) is 5.92 Å². The van der Waals surface area contributed by atoms with Crippen LogP contribution in [0.2, 0.25) is 0 Å². The minimum Gasteiger partial charge on any atom is -0.350 e. The molecule has 1 aromatic carbocycles. The Morgan fingerprint density at radius 2 is 2.06 bits per heavy atom. The highest BCUT2D eigenvalue weighted by Gasteiger charge is 2.39. The molecular formula is C22H26N6O2S. The molecule has 8 nitrogen and oxygen atoms in total. The van der Waals surface area contributed by atoms with Gasteiger partial charge in [-0.2, -0.15) is 5.10 Å². The third kappa shape index (κ3) is 4.51. The van der Waals surface area contributed by atoms with Gasteiger partial charge < -0.3 is 10.2 Å². The van der Waals surface area contributed by atoms with E-state index in [2.05, 4.69) is 39.4 Å². The first-order valence-electron chi connectivity index (χ1n) is 10.4. The zero-order valence-electron chi connectivity index (χ0n) is 17.9. The standard InChI is InChI=1S/C22H26N6O2S/c1-14-8-19(27(10-14)22(30)16(3)28-12-23-11-26-28)21(29)24-9-17-4-6-18(7-5-17)20-15(2)25-13-31-20/h4-7,11-14,16,19H,8-10H2,1-3H3,(H,24,29). The molecule has 3 unspecified atom stereocenters. The molecule has 1 aliphatic rings. The molecule has 3 atom stereocenters. The first kappa shape index (κ1) is 21.2. The lowest BCUT2D eigenvalue weighted by atomic mass is 10.1. The first-order chi connectivity index (χ1) is 14.9. The fourth-order valence-corrected chi connectivity index (χ4v) is 4.78. The number of aromatic nitrogens is 4. The number of carbonyl (C=O) groups excluding carboxylic acids is 2. The van der Waals surface area contributed by atoms with Crippen molar-refractivity contribution < 1.29 is 9.59 Å². The number of rotatable bonds is 6. The van der Waals surface area contributed by atoms with Crippen molar-refractivity contribution in [1.82, 2.24) is 30.0 Å². The molecule has 1 fully saturated rings. The Morgan fingerprint density at radius 3 is 2.71 bits per heavy atom. The summed E-state index contributed by atoms with van der Waals surface area (Å²) < 4.78 is 1.52. The van der Waals surface area contributed by atoms with Gasteiger partial charge in [0.05, 0.1) is 16.1 Å². The SMILES string of the molecule is Cc1ncsc1-c1ccc(CNC(=O)C2CC(C)CN2C(=O)C(C)n2cncn2)cc1. The molecule has 3 heterocycles. The summed E-state index contributed by atoms with van der Waals surface area (Å²) in [4.78, 5) is 37.0. The van der Waals surface area contributed by atoms with Crippen LogP contribution in [0.5, 0.6) is 0 Å². The summed E-state index contributed by atoms with van der Waals surface area (Å²) in [5.74, 6) is 0.0368. The largest absolute Gasteiger partial charge is 0.350 e. The maximum absolute atomic E-state index is 13.0. The van der Waals surface area contributed by atoms with Gasteiger partial charge in [-0.3, -0.25) is 9.59 Å². The van der Waals surface area contributed by atoms with Crippen LogP contribution in [0.3, 0.4) is 0 Å². The number of carbonyl (C=O) groups is 2. The number of hydrogen-bond acceptors (Lipinski definition) is 6. The zero-order valence-corrected chi connectivity index (χ0v) is 18.7. The molecule has 0 radical (unpaired) electrons. The molecule has 0 bridgehead atoms. The van der Waals surface area contributed by atoms with Crippen LogP contribution in [0.25, 0.3) is 10.4 Å². The second-order valence-corrected chi connectivity index (χ2v) is 8.94. The average Bonchev–Trinajstić information content (AvgIpc) is 3.52. The second kappa shape index (κ2) is 8.97. The summed E-state index contributed by atoms with van der Waals surface area (Å²) in [6.45, 7) is 6.83. The third-order valence-corrected chi connectivity index (χ3v) is 6.69. The molecule has 4 rings (SSSR count). The van der Waals surface area contributed by atoms with E-state index in [0.717, 1.165) is 21.7 Å². The molecule has 1 N–H and O–H groups in total. The molecular weight excluding hydrogens is 412 g/mol. The molecule has 0 spiro atoms. The van der Waals surface area contributed by atoms with E-state index in [-0.39, 0.29) is 17.7 Å². The van der Waals surface area contributed by atoms with Crippen LogP contribution < -0.4 is 5.32 Å². The van der Waals surface area contributed by atoms with Crippen molar-refractivity contribution in [2.45, 2.75) is 45.8 Å². The Bertz CT molecular complexity index is 1050. The number of likely N-dealkylation sites (tertiary alicyclic amines) is 1. The fourth-order valence-electron chi connectivity index (χ4n) is 3.97. The van der Waals surface area contributed by atoms with Gasteiger partial charge in [0.2, 0.25) is 11.8 Å². The van der Waals surface area contributed by atoms with Crippen LogP contribution in [0.4, 0.5) is 0 Å². The highest BCUT2D eigenvalue weighted by Crippen LogP contribution is 2.28. The van der Waals surface area contributed by atoms with Crippen molar-refractivity contribution >= 4 is 23.2 Å². The van der Waals surface area contributed by atoms with Crippen LogP contribution in [-0.4, -0.2) is 49.0 Å². The normalized spacial score (nSPS) is 19.4. The number of aryl methyl sites for hydroxylation is 1. The fraction of sp³-hybridized carbons (Fsp3) is 0.409. The Morgan fingerprint density at radius 1 is 1.29 bits per heavy atom. The molecule has 162 valence electrons. The number of nitrogens with zero attached hydrogens (tertiary/aromatic N) is 5. The van der Waals surface area contributed by atoms with Gasteiger partial charge in [0, 0.05) is 13.1 Å². The summed E-state index contributed by atoms with van der Waals surface area (Å²) in [7, 11) is 0. The average molecular weight is 439 g/mol. The summed E-state index contributed by atoms with van der Waals surface area (Å²) in [5, 5.41) is 7.07. The predicted molar refractivity (Wildman–Crippen MR) is 118 cm³/mol. The van der Waals surface area contributed by atoms with Crippen molar-refractivity contribution in [3.05, 3.63) is 53.7 Å². The Hall–Kier alpha value is -3.07. The van der Waals surface area contributed by atoms with Crippen LogP contribution in [0.1, 0.15) is 37.6 Å². The van der Waals surface area contributed by atoms with Crippen LogP contribution in [-0.2, 0) is 16.1 Å². The van der Waals surface area contributed by atoms with Gasteiger partial charge in [-0.25, -0.2) is 14.6 Å². The minimum absolute atomic E-state index is 0.112. The van der Waals surface area contributed by atoms with E-state index in [1.165, 1.54) is 17.3 Å². The Balaban J connectivity index is 1.39. The monoisotopic (exact) mass is 438 g/mol. The highest BCUT2D eigenvalue weighted by atomic mass is 32.1. The summed E-state index contributed by atoms with van der Waals surface area (Å²) >= 11 is 1.62. The molecule has 1 aliphatic heterocycles. The predicted octanol–water partition coefficient (Wildman–Crippen LogP) is 2.82. The Labute approximate surface area is 185 Å². The molecule has 31 heavy (non-hydrogen) atoms. The van der Waals surface area contributed by atoms with Gasteiger partial charge in [-0.05, 0) is 37.3 Å². The molecule has 9 heteroatoms. The van der Waals surface area contributed by atoms with Crippen LogP contribution >= 0.6 is 11.3 Å². The van der Waals surface area contributed by atoms with Crippen molar-refractivity contribution in [1.29, 1.82) is 0 Å². The number of nitrogens with one attached hydrogen (secondary N) is 1. The van der Waals surface area contributed by atoms with Gasteiger partial charge in [-0.1, -0.05) is 31.2 Å². The minimum atomic E-state index is -0.495. The smallest absolute Gasteiger partial charge is 0.247 e. The lowest BCUT2D eigenvalue weighted by Crippen LogP contribution is -2.47. The topological polar surface area (TPSA) is 93.0 Å². The van der Waals surface area contributed by atoms with E-state index in [1.54, 1.807) is 23.2 Å². The number of thiazole rings is 1. The lowest BCUT2D eigenvalue weighted by Gasteiger charge is -2.26. The van der Waals surface area contributed by atoms with Crippen molar-refractivity contribution in [2.75, 3.05) is 6.54 Å². The third-order valence-electron chi connectivity index (χ3n) is 5.72. The van der Waals surface area contributed by atoms with Gasteiger partial charge in [0.25, 0.3) is 0 Å². The molecule has 2 aromatic heterocycles. The zero-order chi connectivity index (χ0) is 22.0. The maximum Gasteiger partial charge on any atom is 0.247 e. The van der Waals surface area contributed by atoms with E-state index >= 15 is 0 Å². The Kier molecular flexibility index (Phi) is 6.13.